The van der Waals surface area contributed by atoms with Crippen LogP contribution in [0.2, 0.25) is 0 Å². The van der Waals surface area contributed by atoms with Gasteiger partial charge in [-0.25, -0.2) is 0 Å². The Kier molecular flexibility index (Phi) is 1.82. The third kappa shape index (κ3) is 1.25. The van der Waals surface area contributed by atoms with Crippen LogP contribution in [0.4, 0.5) is 0 Å². The van der Waals surface area contributed by atoms with Crippen molar-refractivity contribution in [3.63, 3.8) is 0 Å². The fraction of sp³-hybridized carbons (Fsp3) is 0.875. The first-order chi connectivity index (χ1) is 5.38. The second kappa shape index (κ2) is 2.81. The molecule has 2 aliphatic rings. The van der Waals surface area contributed by atoms with Crippen LogP contribution in [-0.4, -0.2) is 30.6 Å². The van der Waals surface area contributed by atoms with Gasteiger partial charge in [-0.15, -0.1) is 0 Å². The maximum Gasteiger partial charge on any atom is 0.104 e. The highest BCUT2D eigenvalue weighted by Crippen LogP contribution is 2.18. The number of hydrogen-bond donors (Lipinski definition) is 1. The van der Waals surface area contributed by atoms with Crippen LogP contribution < -0.4 is 5.32 Å². The summed E-state index contributed by atoms with van der Waals surface area (Å²) in [6.45, 7) is 5.28. The Morgan fingerprint density at radius 2 is 2.55 bits per heavy atom. The molecule has 1 N–H and O–H groups in total. The number of hydrogen-bond acceptors (Lipinski definition) is 3. The van der Waals surface area contributed by atoms with Crippen LogP contribution in [0.15, 0.2) is 4.99 Å². The average molecular weight is 153 g/mol. The molecule has 0 aliphatic carbocycles. The molecular formula is C8H15N3. The summed E-state index contributed by atoms with van der Waals surface area (Å²) in [5.41, 5.74) is 0. The lowest BCUT2D eigenvalue weighted by Crippen LogP contribution is -2.48. The standard InChI is InChI=1S/C8H15N3/c1-7-3-2-4-11-6-9-5-10-8(7)11/h7,9H,2-6H2,1H3. The van der Waals surface area contributed by atoms with E-state index in [2.05, 4.69) is 22.1 Å². The van der Waals surface area contributed by atoms with Crippen LogP contribution in [-0.2, 0) is 0 Å². The summed E-state index contributed by atoms with van der Waals surface area (Å²) in [4.78, 5) is 6.82. The molecule has 0 radical (unpaired) electrons. The quantitative estimate of drug-likeness (QED) is 0.553. The van der Waals surface area contributed by atoms with Gasteiger partial charge in [-0.05, 0) is 12.8 Å². The Labute approximate surface area is 67.5 Å². The van der Waals surface area contributed by atoms with E-state index in [0.717, 1.165) is 13.3 Å². The van der Waals surface area contributed by atoms with E-state index < -0.39 is 0 Å². The second-order valence-corrected chi connectivity index (χ2v) is 3.39. The molecule has 0 aromatic carbocycles. The largest absolute Gasteiger partial charge is 0.347 e. The number of nitrogens with zero attached hydrogens (tertiary/aromatic N) is 2. The minimum Gasteiger partial charge on any atom is -0.347 e. The lowest BCUT2D eigenvalue weighted by Gasteiger charge is -2.36. The van der Waals surface area contributed by atoms with Gasteiger partial charge in [0.25, 0.3) is 0 Å². The molecule has 3 nitrogen and oxygen atoms in total. The van der Waals surface area contributed by atoms with E-state index in [0.29, 0.717) is 5.92 Å². The van der Waals surface area contributed by atoms with Gasteiger partial charge in [0.2, 0.25) is 0 Å². The number of aliphatic imine (C=N–C) groups is 1. The predicted molar refractivity (Wildman–Crippen MR) is 45.4 cm³/mol. The highest BCUT2D eigenvalue weighted by Gasteiger charge is 2.24. The Bertz CT molecular complexity index is 176. The molecule has 1 fully saturated rings. The van der Waals surface area contributed by atoms with Gasteiger partial charge in [0.15, 0.2) is 0 Å². The number of amidine groups is 1. The molecule has 11 heavy (non-hydrogen) atoms. The van der Waals surface area contributed by atoms with E-state index in [-0.39, 0.29) is 0 Å². The van der Waals surface area contributed by atoms with Crippen molar-refractivity contribution in [2.24, 2.45) is 10.9 Å². The normalized spacial score (nSPS) is 31.2. The van der Waals surface area contributed by atoms with Gasteiger partial charge in [0, 0.05) is 12.5 Å². The van der Waals surface area contributed by atoms with Crippen molar-refractivity contribution in [3.8, 4) is 0 Å². The molecule has 62 valence electrons. The van der Waals surface area contributed by atoms with Crippen LogP contribution in [0.3, 0.4) is 0 Å². The predicted octanol–water partition coefficient (Wildman–Crippen LogP) is 0.635. The van der Waals surface area contributed by atoms with Gasteiger partial charge in [-0.1, -0.05) is 6.92 Å². The van der Waals surface area contributed by atoms with Crippen LogP contribution in [0.1, 0.15) is 19.8 Å². The SMILES string of the molecule is CC1CCCN2CNCN=C12. The van der Waals surface area contributed by atoms with E-state index in [1.54, 1.807) is 0 Å². The molecule has 1 atom stereocenters. The van der Waals surface area contributed by atoms with Crippen LogP contribution in [0.5, 0.6) is 0 Å². The first kappa shape index (κ1) is 7.10. The molecule has 1 unspecified atom stereocenters. The monoisotopic (exact) mass is 153 g/mol. The number of fused-ring (bicyclic) bond motifs is 1. The molecule has 2 aliphatic heterocycles. The third-order valence-corrected chi connectivity index (χ3v) is 2.49. The van der Waals surface area contributed by atoms with E-state index in [4.69, 9.17) is 0 Å². The van der Waals surface area contributed by atoms with Gasteiger partial charge >= 0.3 is 0 Å². The maximum absolute atomic E-state index is 4.46. The van der Waals surface area contributed by atoms with Gasteiger partial charge in [0.05, 0.1) is 13.3 Å². The van der Waals surface area contributed by atoms with Gasteiger partial charge in [-0.2, -0.15) is 0 Å². The van der Waals surface area contributed by atoms with E-state index in [1.165, 1.54) is 25.2 Å². The molecule has 0 aromatic heterocycles. The minimum absolute atomic E-state index is 0.686. The second-order valence-electron chi connectivity index (χ2n) is 3.39. The van der Waals surface area contributed by atoms with Gasteiger partial charge in [-0.3, -0.25) is 10.3 Å². The first-order valence-corrected chi connectivity index (χ1v) is 4.38. The fourth-order valence-electron chi connectivity index (χ4n) is 1.88. The third-order valence-electron chi connectivity index (χ3n) is 2.49. The number of piperidine rings is 1. The number of nitrogens with one attached hydrogen (secondary N) is 1. The first-order valence-electron chi connectivity index (χ1n) is 4.38. The van der Waals surface area contributed by atoms with Gasteiger partial charge < -0.3 is 4.90 Å². The topological polar surface area (TPSA) is 27.6 Å². The van der Waals surface area contributed by atoms with Crippen molar-refractivity contribution in [2.45, 2.75) is 19.8 Å². The van der Waals surface area contributed by atoms with Crippen molar-refractivity contribution in [1.82, 2.24) is 10.2 Å². The lowest BCUT2D eigenvalue weighted by molar-refractivity contribution is 0.298. The zero-order valence-electron chi connectivity index (χ0n) is 7.01. The summed E-state index contributed by atoms with van der Waals surface area (Å²) in [5, 5.41) is 3.24. The molecule has 0 amide bonds. The summed E-state index contributed by atoms with van der Waals surface area (Å²) in [5.74, 6) is 2.01. The molecular weight excluding hydrogens is 138 g/mol. The summed E-state index contributed by atoms with van der Waals surface area (Å²) in [6.07, 6.45) is 2.64. The Balaban J connectivity index is 2.14. The molecule has 0 saturated carbocycles. The zero-order valence-corrected chi connectivity index (χ0v) is 7.01. The van der Waals surface area contributed by atoms with Crippen molar-refractivity contribution >= 4 is 5.84 Å². The average Bonchev–Trinajstić information content (AvgIpc) is 2.06. The molecule has 0 bridgehead atoms. The Morgan fingerprint density at radius 1 is 1.64 bits per heavy atom. The Hall–Kier alpha value is -0.570. The summed E-state index contributed by atoms with van der Waals surface area (Å²) < 4.78 is 0. The zero-order chi connectivity index (χ0) is 7.68. The van der Waals surface area contributed by atoms with E-state index in [9.17, 15) is 0 Å². The Morgan fingerprint density at radius 3 is 3.36 bits per heavy atom. The fourth-order valence-corrected chi connectivity index (χ4v) is 1.88. The molecule has 2 rings (SSSR count). The minimum atomic E-state index is 0.686. The smallest absolute Gasteiger partial charge is 0.104 e. The highest BCUT2D eigenvalue weighted by atomic mass is 15.3. The van der Waals surface area contributed by atoms with Crippen molar-refractivity contribution < 1.29 is 0 Å². The van der Waals surface area contributed by atoms with Crippen LogP contribution >= 0.6 is 0 Å². The van der Waals surface area contributed by atoms with Crippen molar-refractivity contribution in [3.05, 3.63) is 0 Å². The van der Waals surface area contributed by atoms with E-state index in [1.807, 2.05) is 0 Å². The molecule has 3 heteroatoms. The summed E-state index contributed by atoms with van der Waals surface area (Å²) >= 11 is 0. The summed E-state index contributed by atoms with van der Waals surface area (Å²) in [6, 6.07) is 0. The molecule has 1 saturated heterocycles. The van der Waals surface area contributed by atoms with E-state index >= 15 is 0 Å². The maximum atomic E-state index is 4.46. The highest BCUT2D eigenvalue weighted by molar-refractivity contribution is 5.85. The van der Waals surface area contributed by atoms with Gasteiger partial charge in [0.1, 0.15) is 5.84 Å². The number of rotatable bonds is 0. The lowest BCUT2D eigenvalue weighted by atomic mass is 9.98. The summed E-state index contributed by atoms with van der Waals surface area (Å²) in [7, 11) is 0. The molecule has 2 heterocycles. The molecule has 0 spiro atoms. The van der Waals surface area contributed by atoms with Crippen molar-refractivity contribution in [1.29, 1.82) is 0 Å². The molecule has 0 aromatic rings. The van der Waals surface area contributed by atoms with Crippen LogP contribution in [0, 0.1) is 5.92 Å². The van der Waals surface area contributed by atoms with Crippen LogP contribution in [0.25, 0.3) is 0 Å². The van der Waals surface area contributed by atoms with Crippen molar-refractivity contribution in [2.75, 3.05) is 19.9 Å².